The molecule has 1 aliphatic rings. The van der Waals surface area contributed by atoms with Crippen LogP contribution in [0.3, 0.4) is 0 Å². The highest BCUT2D eigenvalue weighted by molar-refractivity contribution is 7.92. The second-order valence-electron chi connectivity index (χ2n) is 7.04. The summed E-state index contributed by atoms with van der Waals surface area (Å²) in [5.74, 6) is -0.104. The van der Waals surface area contributed by atoms with E-state index < -0.39 is 10.0 Å². The lowest BCUT2D eigenvalue weighted by atomic mass is 10.1. The lowest BCUT2D eigenvalue weighted by Gasteiger charge is -2.24. The number of anilines is 1. The number of hydrogen-bond acceptors (Lipinski definition) is 5. The topological polar surface area (TPSA) is 70.6 Å². The zero-order valence-corrected chi connectivity index (χ0v) is 17.5. The number of fused-ring (bicyclic) bond motifs is 2. The molecule has 0 saturated heterocycles. The van der Waals surface area contributed by atoms with Gasteiger partial charge in [0.15, 0.2) is 0 Å². The van der Waals surface area contributed by atoms with Crippen molar-refractivity contribution < 1.29 is 13.2 Å². The van der Waals surface area contributed by atoms with E-state index in [4.69, 9.17) is 0 Å². The molecular weight excluding hydrogens is 394 g/mol. The monoisotopic (exact) mass is 415 g/mol. The van der Waals surface area contributed by atoms with Crippen molar-refractivity contribution in [3.63, 3.8) is 0 Å². The van der Waals surface area contributed by atoms with Gasteiger partial charge in [0, 0.05) is 19.2 Å². The molecule has 0 N–H and O–H groups in total. The van der Waals surface area contributed by atoms with Gasteiger partial charge in [0.2, 0.25) is 10.0 Å². The molecular formula is C20H21N3O3S2. The molecule has 1 aromatic heterocycles. The van der Waals surface area contributed by atoms with Crippen molar-refractivity contribution in [2.24, 2.45) is 0 Å². The SMILES string of the molecule is C[C@@H](c1nc2ccccc2s1)N(C)C(=O)c1ccc2c(c1)CCN2S(C)(=O)=O. The summed E-state index contributed by atoms with van der Waals surface area (Å²) in [4.78, 5) is 19.4. The number of carbonyl (C=O) groups is 1. The molecule has 3 aromatic rings. The van der Waals surface area contributed by atoms with Crippen LogP contribution in [-0.2, 0) is 16.4 Å². The highest BCUT2D eigenvalue weighted by Crippen LogP contribution is 2.33. The summed E-state index contributed by atoms with van der Waals surface area (Å²) >= 11 is 1.59. The molecule has 28 heavy (non-hydrogen) atoms. The number of aromatic nitrogens is 1. The van der Waals surface area contributed by atoms with E-state index in [0.717, 1.165) is 20.8 Å². The van der Waals surface area contributed by atoms with Gasteiger partial charge in [-0.1, -0.05) is 12.1 Å². The Labute approximate surface area is 168 Å². The molecule has 0 aliphatic carbocycles. The number of hydrogen-bond donors (Lipinski definition) is 0. The minimum Gasteiger partial charge on any atom is -0.333 e. The Morgan fingerprint density at radius 3 is 2.71 bits per heavy atom. The van der Waals surface area contributed by atoms with Crippen molar-refractivity contribution in [2.75, 3.05) is 24.2 Å². The first kappa shape index (κ1) is 18.9. The van der Waals surface area contributed by atoms with Crippen molar-refractivity contribution in [1.29, 1.82) is 0 Å². The summed E-state index contributed by atoms with van der Waals surface area (Å²) in [6.07, 6.45) is 1.81. The molecule has 0 bridgehead atoms. The maximum absolute atomic E-state index is 13.0. The maximum Gasteiger partial charge on any atom is 0.254 e. The maximum atomic E-state index is 13.0. The van der Waals surface area contributed by atoms with Crippen LogP contribution in [0.2, 0.25) is 0 Å². The van der Waals surface area contributed by atoms with Gasteiger partial charge >= 0.3 is 0 Å². The van der Waals surface area contributed by atoms with E-state index in [9.17, 15) is 13.2 Å². The van der Waals surface area contributed by atoms with Gasteiger partial charge < -0.3 is 4.90 Å². The summed E-state index contributed by atoms with van der Waals surface area (Å²) < 4.78 is 26.3. The van der Waals surface area contributed by atoms with Gasteiger partial charge in [-0.25, -0.2) is 13.4 Å². The Hall–Kier alpha value is -2.45. The van der Waals surface area contributed by atoms with Gasteiger partial charge in [-0.05, 0) is 49.2 Å². The van der Waals surface area contributed by atoms with Gasteiger partial charge in [0.25, 0.3) is 5.91 Å². The summed E-state index contributed by atoms with van der Waals surface area (Å²) in [6.45, 7) is 2.39. The van der Waals surface area contributed by atoms with Crippen molar-refractivity contribution in [2.45, 2.75) is 19.4 Å². The average molecular weight is 416 g/mol. The lowest BCUT2D eigenvalue weighted by Crippen LogP contribution is -2.29. The molecule has 4 rings (SSSR count). The molecule has 0 spiro atoms. The van der Waals surface area contributed by atoms with E-state index in [1.54, 1.807) is 35.4 Å². The second kappa shape index (κ2) is 6.86. The standard InChI is InChI=1S/C20H21N3O3S2/c1-13(19-21-16-6-4-5-7-18(16)27-19)22(2)20(24)15-8-9-17-14(12-15)10-11-23(17)28(3,25)26/h4-9,12-13H,10-11H2,1-3H3/t13-/m0/s1. The molecule has 1 atom stereocenters. The second-order valence-corrected chi connectivity index (χ2v) is 10.0. The predicted molar refractivity (Wildman–Crippen MR) is 112 cm³/mol. The highest BCUT2D eigenvalue weighted by Gasteiger charge is 2.28. The Morgan fingerprint density at radius 1 is 1.25 bits per heavy atom. The quantitative estimate of drug-likeness (QED) is 0.654. The molecule has 6 nitrogen and oxygen atoms in total. The predicted octanol–water partition coefficient (Wildman–Crippen LogP) is 3.45. The first-order valence-electron chi connectivity index (χ1n) is 8.99. The number of thiazole rings is 1. The van der Waals surface area contributed by atoms with Crippen LogP contribution in [-0.4, -0.2) is 44.1 Å². The number of amides is 1. The van der Waals surface area contributed by atoms with Gasteiger partial charge in [-0.3, -0.25) is 9.10 Å². The van der Waals surface area contributed by atoms with Crippen LogP contribution in [0.5, 0.6) is 0 Å². The Bertz CT molecular complexity index is 1140. The van der Waals surface area contributed by atoms with Crippen molar-refractivity contribution in [1.82, 2.24) is 9.88 Å². The fourth-order valence-electron chi connectivity index (χ4n) is 3.46. The number of rotatable bonds is 4. The fraction of sp³-hybridized carbons (Fsp3) is 0.300. The number of benzene rings is 2. The van der Waals surface area contributed by atoms with Crippen LogP contribution in [0.1, 0.15) is 33.9 Å². The van der Waals surface area contributed by atoms with E-state index in [1.165, 1.54) is 10.6 Å². The van der Waals surface area contributed by atoms with E-state index in [1.807, 2.05) is 37.3 Å². The number of carbonyl (C=O) groups excluding carboxylic acids is 1. The Morgan fingerprint density at radius 2 is 2.00 bits per heavy atom. The van der Waals surface area contributed by atoms with Crippen LogP contribution in [0, 0.1) is 0 Å². The van der Waals surface area contributed by atoms with Crippen LogP contribution < -0.4 is 4.31 Å². The third kappa shape index (κ3) is 3.27. The minimum atomic E-state index is -3.30. The van der Waals surface area contributed by atoms with Crippen molar-refractivity contribution in [3.05, 3.63) is 58.6 Å². The van der Waals surface area contributed by atoms with E-state index >= 15 is 0 Å². The smallest absolute Gasteiger partial charge is 0.254 e. The van der Waals surface area contributed by atoms with Crippen molar-refractivity contribution in [3.8, 4) is 0 Å². The molecule has 146 valence electrons. The zero-order valence-electron chi connectivity index (χ0n) is 15.9. The molecule has 0 unspecified atom stereocenters. The molecule has 2 aromatic carbocycles. The van der Waals surface area contributed by atoms with Crippen LogP contribution >= 0.6 is 11.3 Å². The molecule has 8 heteroatoms. The normalized spacial score (nSPS) is 14.9. The molecule has 1 amide bonds. The largest absolute Gasteiger partial charge is 0.333 e. The number of sulfonamides is 1. The molecule has 1 aliphatic heterocycles. The van der Waals surface area contributed by atoms with E-state index in [0.29, 0.717) is 24.2 Å². The van der Waals surface area contributed by atoms with Crippen LogP contribution in [0.4, 0.5) is 5.69 Å². The number of para-hydroxylation sites is 1. The third-order valence-corrected chi connectivity index (χ3v) is 7.54. The molecule has 2 heterocycles. The molecule has 0 radical (unpaired) electrons. The van der Waals surface area contributed by atoms with E-state index in [-0.39, 0.29) is 11.9 Å². The lowest BCUT2D eigenvalue weighted by molar-refractivity contribution is 0.0742. The fourth-order valence-corrected chi connectivity index (χ4v) is 5.48. The minimum absolute atomic E-state index is 0.104. The van der Waals surface area contributed by atoms with Gasteiger partial charge in [0.1, 0.15) is 5.01 Å². The van der Waals surface area contributed by atoms with Crippen LogP contribution in [0.25, 0.3) is 10.2 Å². The first-order valence-corrected chi connectivity index (χ1v) is 11.7. The van der Waals surface area contributed by atoms with Gasteiger partial charge in [0.05, 0.1) is 28.2 Å². The summed E-state index contributed by atoms with van der Waals surface area (Å²) in [7, 11) is -1.52. The third-order valence-electron chi connectivity index (χ3n) is 5.15. The summed E-state index contributed by atoms with van der Waals surface area (Å²) in [5.41, 5.74) is 3.05. The average Bonchev–Trinajstić information content (AvgIpc) is 3.29. The van der Waals surface area contributed by atoms with E-state index in [2.05, 4.69) is 4.98 Å². The summed E-state index contributed by atoms with van der Waals surface area (Å²) in [5, 5.41) is 0.890. The Kier molecular flexibility index (Phi) is 4.63. The number of nitrogens with zero attached hydrogens (tertiary/aromatic N) is 3. The highest BCUT2D eigenvalue weighted by atomic mass is 32.2. The van der Waals surface area contributed by atoms with Crippen molar-refractivity contribution >= 4 is 43.2 Å². The Balaban J connectivity index is 1.59. The summed E-state index contributed by atoms with van der Waals surface area (Å²) in [6, 6.07) is 13.0. The molecule has 0 fully saturated rings. The van der Waals surface area contributed by atoms with Gasteiger partial charge in [-0.15, -0.1) is 11.3 Å². The van der Waals surface area contributed by atoms with Crippen LogP contribution in [0.15, 0.2) is 42.5 Å². The first-order chi connectivity index (χ1) is 13.3. The molecule has 0 saturated carbocycles. The zero-order chi connectivity index (χ0) is 20.1. The van der Waals surface area contributed by atoms with Gasteiger partial charge in [-0.2, -0.15) is 0 Å².